The van der Waals surface area contributed by atoms with E-state index in [1.165, 1.54) is 37.4 Å². The SMILES string of the molecule is COc1ccc(C(C)NC(=O)c2ccccc2C(F)(F)F)cc1F. The predicted molar refractivity (Wildman–Crippen MR) is 80.3 cm³/mol. The van der Waals surface area contributed by atoms with Gasteiger partial charge in [0, 0.05) is 0 Å². The number of hydrogen-bond acceptors (Lipinski definition) is 2. The number of rotatable bonds is 4. The molecule has 24 heavy (non-hydrogen) atoms. The van der Waals surface area contributed by atoms with E-state index in [4.69, 9.17) is 4.74 Å². The minimum Gasteiger partial charge on any atom is -0.494 e. The lowest BCUT2D eigenvalue weighted by molar-refractivity contribution is -0.137. The molecule has 0 fully saturated rings. The molecule has 0 radical (unpaired) electrons. The van der Waals surface area contributed by atoms with Crippen LogP contribution in [0.1, 0.15) is 34.5 Å². The van der Waals surface area contributed by atoms with Gasteiger partial charge in [0.15, 0.2) is 11.6 Å². The summed E-state index contributed by atoms with van der Waals surface area (Å²) in [6.07, 6.45) is -4.64. The summed E-state index contributed by atoms with van der Waals surface area (Å²) < 4.78 is 57.4. The van der Waals surface area contributed by atoms with Crippen LogP contribution in [-0.2, 0) is 6.18 Å². The van der Waals surface area contributed by atoms with Crippen LogP contribution in [0, 0.1) is 5.82 Å². The van der Waals surface area contributed by atoms with Crippen LogP contribution in [0.25, 0.3) is 0 Å². The minimum absolute atomic E-state index is 0.0414. The molecule has 0 heterocycles. The van der Waals surface area contributed by atoms with Crippen molar-refractivity contribution in [3.05, 3.63) is 65.0 Å². The molecule has 2 aromatic rings. The second-order valence-corrected chi connectivity index (χ2v) is 5.13. The number of methoxy groups -OCH3 is 1. The van der Waals surface area contributed by atoms with E-state index in [2.05, 4.69) is 5.32 Å². The van der Waals surface area contributed by atoms with Crippen LogP contribution < -0.4 is 10.1 Å². The van der Waals surface area contributed by atoms with E-state index in [0.717, 1.165) is 12.1 Å². The summed E-state index contributed by atoms with van der Waals surface area (Å²) in [5.74, 6) is -1.46. The Bertz CT molecular complexity index is 744. The van der Waals surface area contributed by atoms with Gasteiger partial charge in [-0.1, -0.05) is 18.2 Å². The molecule has 0 aliphatic rings. The summed E-state index contributed by atoms with van der Waals surface area (Å²) in [6, 6.07) is 7.90. The van der Waals surface area contributed by atoms with E-state index in [9.17, 15) is 22.4 Å². The molecular weight excluding hydrogens is 326 g/mol. The van der Waals surface area contributed by atoms with Crippen LogP contribution in [0.2, 0.25) is 0 Å². The van der Waals surface area contributed by atoms with Gasteiger partial charge in [0.1, 0.15) is 0 Å². The Morgan fingerprint density at radius 3 is 2.42 bits per heavy atom. The average molecular weight is 341 g/mol. The van der Waals surface area contributed by atoms with Gasteiger partial charge in [-0.25, -0.2) is 4.39 Å². The van der Waals surface area contributed by atoms with Crippen LogP contribution in [0.5, 0.6) is 5.75 Å². The Labute approximate surface area is 136 Å². The fourth-order valence-corrected chi connectivity index (χ4v) is 2.24. The van der Waals surface area contributed by atoms with Crippen molar-refractivity contribution in [3.8, 4) is 5.75 Å². The number of hydrogen-bond donors (Lipinski definition) is 1. The second kappa shape index (κ2) is 6.90. The maximum Gasteiger partial charge on any atom is 0.417 e. The van der Waals surface area contributed by atoms with Gasteiger partial charge < -0.3 is 10.1 Å². The molecular formula is C17H15F4NO2. The molecule has 3 nitrogen and oxygen atoms in total. The Balaban J connectivity index is 2.23. The summed E-state index contributed by atoms with van der Waals surface area (Å²) in [7, 11) is 1.32. The summed E-state index contributed by atoms with van der Waals surface area (Å²) in [4.78, 5) is 12.2. The molecule has 1 amide bonds. The van der Waals surface area contributed by atoms with E-state index < -0.39 is 35.1 Å². The van der Waals surface area contributed by atoms with Gasteiger partial charge in [0.2, 0.25) is 0 Å². The number of amides is 1. The van der Waals surface area contributed by atoms with E-state index in [-0.39, 0.29) is 5.75 Å². The lowest BCUT2D eigenvalue weighted by Gasteiger charge is -2.17. The smallest absolute Gasteiger partial charge is 0.417 e. The molecule has 0 bridgehead atoms. The van der Waals surface area contributed by atoms with Crippen molar-refractivity contribution in [2.24, 2.45) is 0 Å². The first-order valence-electron chi connectivity index (χ1n) is 7.04. The van der Waals surface area contributed by atoms with Gasteiger partial charge in [-0.3, -0.25) is 4.79 Å². The monoisotopic (exact) mass is 341 g/mol. The molecule has 0 aliphatic heterocycles. The van der Waals surface area contributed by atoms with Gasteiger partial charge in [-0.05, 0) is 36.8 Å². The first-order valence-corrected chi connectivity index (χ1v) is 7.04. The molecule has 1 atom stereocenters. The van der Waals surface area contributed by atoms with Crippen molar-refractivity contribution in [2.75, 3.05) is 7.11 Å². The first kappa shape index (κ1) is 17.8. The molecule has 0 aliphatic carbocycles. The van der Waals surface area contributed by atoms with Crippen LogP contribution in [0.15, 0.2) is 42.5 Å². The van der Waals surface area contributed by atoms with Gasteiger partial charge in [0.05, 0.1) is 24.3 Å². The molecule has 128 valence electrons. The molecule has 0 saturated heterocycles. The average Bonchev–Trinajstić information content (AvgIpc) is 2.53. The van der Waals surface area contributed by atoms with Crippen molar-refractivity contribution < 1.29 is 27.1 Å². The van der Waals surface area contributed by atoms with Crippen molar-refractivity contribution in [1.82, 2.24) is 5.32 Å². The number of carbonyl (C=O) groups excluding carboxylic acids is 1. The molecule has 7 heteroatoms. The molecule has 0 saturated carbocycles. The maximum atomic E-state index is 13.7. The number of nitrogens with one attached hydrogen (secondary N) is 1. The Kier molecular flexibility index (Phi) is 5.11. The van der Waals surface area contributed by atoms with Gasteiger partial charge in [-0.15, -0.1) is 0 Å². The van der Waals surface area contributed by atoms with Crippen LogP contribution in [0.4, 0.5) is 17.6 Å². The standard InChI is InChI=1S/C17H15F4NO2/c1-10(11-7-8-15(24-2)14(18)9-11)22-16(23)12-5-3-4-6-13(12)17(19,20)21/h3-10H,1-2H3,(H,22,23). The third-order valence-electron chi connectivity index (χ3n) is 3.50. The Morgan fingerprint density at radius 2 is 1.83 bits per heavy atom. The largest absolute Gasteiger partial charge is 0.494 e. The molecule has 2 aromatic carbocycles. The topological polar surface area (TPSA) is 38.3 Å². The molecule has 0 spiro atoms. The normalized spacial score (nSPS) is 12.6. The van der Waals surface area contributed by atoms with Gasteiger partial charge in [-0.2, -0.15) is 13.2 Å². The van der Waals surface area contributed by atoms with Gasteiger partial charge in [0.25, 0.3) is 5.91 Å². The molecule has 1 N–H and O–H groups in total. The van der Waals surface area contributed by atoms with Crippen molar-refractivity contribution in [3.63, 3.8) is 0 Å². The summed E-state index contributed by atoms with van der Waals surface area (Å²) in [6.45, 7) is 1.55. The van der Waals surface area contributed by atoms with Crippen LogP contribution in [0.3, 0.4) is 0 Å². The highest BCUT2D eigenvalue weighted by Crippen LogP contribution is 2.32. The number of ether oxygens (including phenoxy) is 1. The number of benzene rings is 2. The fourth-order valence-electron chi connectivity index (χ4n) is 2.24. The first-order chi connectivity index (χ1) is 11.2. The zero-order chi connectivity index (χ0) is 17.9. The fraction of sp³-hybridized carbons (Fsp3) is 0.235. The molecule has 2 rings (SSSR count). The van der Waals surface area contributed by atoms with Crippen molar-refractivity contribution in [2.45, 2.75) is 19.1 Å². The van der Waals surface area contributed by atoms with Crippen LogP contribution >= 0.6 is 0 Å². The summed E-state index contributed by atoms with van der Waals surface area (Å²) in [5, 5.41) is 2.44. The summed E-state index contributed by atoms with van der Waals surface area (Å²) in [5.41, 5.74) is -1.09. The number of carbonyl (C=O) groups is 1. The van der Waals surface area contributed by atoms with E-state index in [0.29, 0.717) is 5.56 Å². The second-order valence-electron chi connectivity index (χ2n) is 5.13. The Hall–Kier alpha value is -2.57. The van der Waals surface area contributed by atoms with E-state index >= 15 is 0 Å². The molecule has 0 aromatic heterocycles. The minimum atomic E-state index is -4.64. The summed E-state index contributed by atoms with van der Waals surface area (Å²) >= 11 is 0. The third kappa shape index (κ3) is 3.84. The zero-order valence-electron chi connectivity index (χ0n) is 12.9. The Morgan fingerprint density at radius 1 is 1.17 bits per heavy atom. The third-order valence-corrected chi connectivity index (χ3v) is 3.50. The quantitative estimate of drug-likeness (QED) is 0.840. The van der Waals surface area contributed by atoms with E-state index in [1.807, 2.05) is 0 Å². The number of alkyl halides is 3. The highest BCUT2D eigenvalue weighted by atomic mass is 19.4. The molecule has 1 unspecified atom stereocenters. The van der Waals surface area contributed by atoms with E-state index in [1.54, 1.807) is 6.92 Å². The lowest BCUT2D eigenvalue weighted by Crippen LogP contribution is -2.28. The van der Waals surface area contributed by atoms with Crippen molar-refractivity contribution >= 4 is 5.91 Å². The highest BCUT2D eigenvalue weighted by Gasteiger charge is 2.35. The lowest BCUT2D eigenvalue weighted by atomic mass is 10.0. The predicted octanol–water partition coefficient (Wildman–Crippen LogP) is 4.34. The van der Waals surface area contributed by atoms with Crippen LogP contribution in [-0.4, -0.2) is 13.0 Å². The van der Waals surface area contributed by atoms with Crippen molar-refractivity contribution in [1.29, 1.82) is 0 Å². The number of halogens is 4. The maximum absolute atomic E-state index is 13.7. The highest BCUT2D eigenvalue weighted by molar-refractivity contribution is 5.96. The zero-order valence-corrected chi connectivity index (χ0v) is 12.9. The van der Waals surface area contributed by atoms with Gasteiger partial charge >= 0.3 is 6.18 Å².